The first kappa shape index (κ1) is 18.1. The number of hydrazine groups is 1. The summed E-state index contributed by atoms with van der Waals surface area (Å²) in [7, 11) is 0. The van der Waals surface area contributed by atoms with Gasteiger partial charge in [-0.3, -0.25) is 25.2 Å². The summed E-state index contributed by atoms with van der Waals surface area (Å²) in [4.78, 5) is 35.6. The van der Waals surface area contributed by atoms with E-state index in [9.17, 15) is 14.4 Å². The first-order valence-electron chi connectivity index (χ1n) is 8.26. The summed E-state index contributed by atoms with van der Waals surface area (Å²) in [6.45, 7) is 1.69. The monoisotopic (exact) mass is 366 g/mol. The van der Waals surface area contributed by atoms with Gasteiger partial charge < -0.3 is 4.74 Å². The average molecular weight is 366 g/mol. The molecule has 1 heterocycles. The molecule has 8 heteroatoms. The van der Waals surface area contributed by atoms with Gasteiger partial charge in [0.1, 0.15) is 5.75 Å². The Bertz CT molecular complexity index is 1050. The molecule has 3 rings (SSSR count). The molecule has 0 saturated carbocycles. The normalized spacial score (nSPS) is 10.4. The van der Waals surface area contributed by atoms with Crippen LogP contribution in [0.4, 0.5) is 0 Å². The second kappa shape index (κ2) is 8.13. The van der Waals surface area contributed by atoms with Gasteiger partial charge in [-0.05, 0) is 30.7 Å². The van der Waals surface area contributed by atoms with E-state index in [-0.39, 0.29) is 18.6 Å². The average Bonchev–Trinajstić information content (AvgIpc) is 2.67. The second-order valence-electron chi connectivity index (χ2n) is 5.92. The third-order valence-electron chi connectivity index (χ3n) is 3.80. The zero-order chi connectivity index (χ0) is 19.2. The molecule has 27 heavy (non-hydrogen) atoms. The van der Waals surface area contributed by atoms with E-state index in [1.807, 2.05) is 19.1 Å². The van der Waals surface area contributed by atoms with E-state index in [1.54, 1.807) is 36.4 Å². The van der Waals surface area contributed by atoms with Gasteiger partial charge in [0, 0.05) is 5.39 Å². The molecule has 0 fully saturated rings. The molecule has 0 aliphatic heterocycles. The van der Waals surface area contributed by atoms with Crippen LogP contribution in [0.3, 0.4) is 0 Å². The number of aromatic amines is 1. The van der Waals surface area contributed by atoms with Crippen LogP contribution in [0.25, 0.3) is 10.8 Å². The van der Waals surface area contributed by atoms with Crippen molar-refractivity contribution in [2.24, 2.45) is 0 Å². The lowest BCUT2D eigenvalue weighted by molar-refractivity contribution is -0.129. The molecule has 0 unspecified atom stereocenters. The standard InChI is InChI=1S/C19H18N4O4/c1-12-5-4-6-13(9-12)27-11-18(25)22-21-17(24)10-16-14-7-2-3-8-15(14)19(26)23-20-16/h2-9H,10-11H2,1H3,(H,21,24)(H,22,25)(H,23,26). The van der Waals surface area contributed by atoms with Crippen molar-refractivity contribution in [2.75, 3.05) is 6.61 Å². The molecule has 3 N–H and O–H groups in total. The molecule has 2 aromatic carbocycles. The van der Waals surface area contributed by atoms with Crippen LogP contribution in [0.15, 0.2) is 53.3 Å². The number of ether oxygens (including phenoxy) is 1. The smallest absolute Gasteiger partial charge is 0.276 e. The number of benzene rings is 2. The van der Waals surface area contributed by atoms with E-state index in [0.29, 0.717) is 22.2 Å². The number of hydrogen-bond acceptors (Lipinski definition) is 5. The first-order valence-corrected chi connectivity index (χ1v) is 8.26. The van der Waals surface area contributed by atoms with Crippen LogP contribution in [-0.2, 0) is 16.0 Å². The van der Waals surface area contributed by atoms with Gasteiger partial charge in [-0.25, -0.2) is 5.10 Å². The third-order valence-corrected chi connectivity index (χ3v) is 3.80. The van der Waals surface area contributed by atoms with Gasteiger partial charge in [0.25, 0.3) is 11.5 Å². The molecule has 0 spiro atoms. The van der Waals surface area contributed by atoms with Crippen LogP contribution in [0.1, 0.15) is 11.3 Å². The topological polar surface area (TPSA) is 113 Å². The van der Waals surface area contributed by atoms with Gasteiger partial charge in [0.05, 0.1) is 17.5 Å². The van der Waals surface area contributed by atoms with Crippen molar-refractivity contribution < 1.29 is 14.3 Å². The molecule has 0 saturated heterocycles. The maximum Gasteiger partial charge on any atom is 0.276 e. The predicted molar refractivity (Wildman–Crippen MR) is 99.0 cm³/mol. The van der Waals surface area contributed by atoms with Crippen LogP contribution in [0.5, 0.6) is 5.75 Å². The summed E-state index contributed by atoms with van der Waals surface area (Å²) in [5, 5.41) is 7.32. The fourth-order valence-electron chi connectivity index (χ4n) is 2.53. The number of carbonyl (C=O) groups is 2. The molecular weight excluding hydrogens is 348 g/mol. The summed E-state index contributed by atoms with van der Waals surface area (Å²) in [5.41, 5.74) is 5.69. The number of aromatic nitrogens is 2. The first-order chi connectivity index (χ1) is 13.0. The van der Waals surface area contributed by atoms with Crippen LogP contribution in [0, 0.1) is 6.92 Å². The minimum absolute atomic E-state index is 0.101. The Morgan fingerprint density at radius 3 is 2.56 bits per heavy atom. The highest BCUT2D eigenvalue weighted by molar-refractivity contribution is 5.89. The number of fused-ring (bicyclic) bond motifs is 1. The number of aryl methyl sites for hydroxylation is 1. The predicted octanol–water partition coefficient (Wildman–Crippen LogP) is 1.00. The summed E-state index contributed by atoms with van der Waals surface area (Å²) in [5.74, 6) is -0.395. The van der Waals surface area contributed by atoms with Gasteiger partial charge in [-0.15, -0.1) is 0 Å². The minimum atomic E-state index is -0.496. The van der Waals surface area contributed by atoms with Crippen molar-refractivity contribution in [3.05, 3.63) is 70.1 Å². The van der Waals surface area contributed by atoms with Gasteiger partial charge in [0.2, 0.25) is 5.91 Å². The fraction of sp³-hybridized carbons (Fsp3) is 0.158. The van der Waals surface area contributed by atoms with Crippen LogP contribution < -0.4 is 21.1 Å². The Balaban J connectivity index is 1.53. The molecule has 3 aromatic rings. The van der Waals surface area contributed by atoms with E-state index < -0.39 is 11.8 Å². The van der Waals surface area contributed by atoms with E-state index in [4.69, 9.17) is 4.74 Å². The summed E-state index contributed by atoms with van der Waals surface area (Å²) in [6, 6.07) is 14.2. The molecule has 1 aromatic heterocycles. The molecule has 0 bridgehead atoms. The van der Waals surface area contributed by atoms with Gasteiger partial charge in [0.15, 0.2) is 6.61 Å². The lowest BCUT2D eigenvalue weighted by Gasteiger charge is -2.09. The molecule has 0 aliphatic rings. The fourth-order valence-corrected chi connectivity index (χ4v) is 2.53. The highest BCUT2D eigenvalue weighted by atomic mass is 16.5. The molecule has 138 valence electrons. The Kier molecular flexibility index (Phi) is 5.46. The van der Waals surface area contributed by atoms with Gasteiger partial charge >= 0.3 is 0 Å². The summed E-state index contributed by atoms with van der Waals surface area (Å²) >= 11 is 0. The largest absolute Gasteiger partial charge is 0.484 e. The Labute approximate surface area is 154 Å². The van der Waals surface area contributed by atoms with Crippen molar-refractivity contribution in [2.45, 2.75) is 13.3 Å². The lowest BCUT2D eigenvalue weighted by atomic mass is 10.1. The number of rotatable bonds is 5. The van der Waals surface area contributed by atoms with Gasteiger partial charge in [-0.2, -0.15) is 5.10 Å². The molecule has 0 atom stereocenters. The SMILES string of the molecule is Cc1cccc(OCC(=O)NNC(=O)Cc2n[nH]c(=O)c3ccccc23)c1. The molecule has 0 aliphatic carbocycles. The zero-order valence-electron chi connectivity index (χ0n) is 14.6. The van der Waals surface area contributed by atoms with Crippen LogP contribution in [-0.4, -0.2) is 28.6 Å². The van der Waals surface area contributed by atoms with Crippen molar-refractivity contribution in [3.63, 3.8) is 0 Å². The van der Waals surface area contributed by atoms with E-state index in [0.717, 1.165) is 5.56 Å². The highest BCUT2D eigenvalue weighted by Gasteiger charge is 2.11. The Morgan fingerprint density at radius 2 is 1.78 bits per heavy atom. The molecule has 8 nitrogen and oxygen atoms in total. The highest BCUT2D eigenvalue weighted by Crippen LogP contribution is 2.13. The van der Waals surface area contributed by atoms with Crippen LogP contribution >= 0.6 is 0 Å². The summed E-state index contributed by atoms with van der Waals surface area (Å²) in [6.07, 6.45) is -0.101. The number of nitrogens with one attached hydrogen (secondary N) is 3. The zero-order valence-corrected chi connectivity index (χ0v) is 14.6. The number of carbonyl (C=O) groups excluding carboxylic acids is 2. The van der Waals surface area contributed by atoms with E-state index in [2.05, 4.69) is 21.0 Å². The number of hydrogen-bond donors (Lipinski definition) is 3. The number of amides is 2. The van der Waals surface area contributed by atoms with Crippen molar-refractivity contribution in [1.82, 2.24) is 21.0 Å². The molecule has 2 amide bonds. The third kappa shape index (κ3) is 4.69. The van der Waals surface area contributed by atoms with Crippen molar-refractivity contribution in [3.8, 4) is 5.75 Å². The second-order valence-corrected chi connectivity index (χ2v) is 5.92. The maximum atomic E-state index is 12.1. The lowest BCUT2D eigenvalue weighted by Crippen LogP contribution is -2.44. The summed E-state index contributed by atoms with van der Waals surface area (Å²) < 4.78 is 5.35. The Morgan fingerprint density at radius 1 is 1.04 bits per heavy atom. The minimum Gasteiger partial charge on any atom is -0.484 e. The van der Waals surface area contributed by atoms with E-state index in [1.165, 1.54) is 0 Å². The van der Waals surface area contributed by atoms with Crippen LogP contribution in [0.2, 0.25) is 0 Å². The molecular formula is C19H18N4O4. The van der Waals surface area contributed by atoms with Crippen molar-refractivity contribution >= 4 is 22.6 Å². The quantitative estimate of drug-likeness (QED) is 0.583. The maximum absolute atomic E-state index is 12.1. The van der Waals surface area contributed by atoms with Gasteiger partial charge in [-0.1, -0.05) is 30.3 Å². The number of nitrogens with zero attached hydrogens (tertiary/aromatic N) is 1. The molecule has 0 radical (unpaired) electrons. The van der Waals surface area contributed by atoms with E-state index >= 15 is 0 Å². The number of H-pyrrole nitrogens is 1. The Hall–Kier alpha value is -3.68. The van der Waals surface area contributed by atoms with Crippen molar-refractivity contribution in [1.29, 1.82) is 0 Å².